The van der Waals surface area contributed by atoms with Gasteiger partial charge in [0.15, 0.2) is 6.17 Å². The number of nitrogens with zero attached hydrogens (tertiary/aromatic N) is 3. The van der Waals surface area contributed by atoms with E-state index in [2.05, 4.69) is 15.0 Å². The Labute approximate surface area is 175 Å². The predicted octanol–water partition coefficient (Wildman–Crippen LogP) is 3.75. The minimum absolute atomic E-state index is 0.0373. The van der Waals surface area contributed by atoms with Crippen molar-refractivity contribution in [3.05, 3.63) is 42.1 Å². The molecule has 0 saturated heterocycles. The summed E-state index contributed by atoms with van der Waals surface area (Å²) in [5.41, 5.74) is 2.35. The van der Waals surface area contributed by atoms with Gasteiger partial charge in [-0.1, -0.05) is 6.92 Å². The number of methoxy groups -OCH3 is 1. The number of hydrogen-bond acceptors (Lipinski definition) is 6. The molecule has 2 aromatic heterocycles. The molecule has 0 saturated carbocycles. The molecule has 0 aliphatic heterocycles. The Morgan fingerprint density at radius 3 is 2.55 bits per heavy atom. The molecule has 0 aliphatic carbocycles. The average Bonchev–Trinajstić information content (AvgIpc) is 2.72. The van der Waals surface area contributed by atoms with Crippen molar-refractivity contribution in [3.63, 3.8) is 0 Å². The van der Waals surface area contributed by atoms with Crippen LogP contribution in [-0.2, 0) is 16.4 Å². The van der Waals surface area contributed by atoms with Gasteiger partial charge < -0.3 is 4.74 Å². The van der Waals surface area contributed by atoms with E-state index >= 15 is 0 Å². The number of pyridine rings is 1. The highest BCUT2D eigenvalue weighted by molar-refractivity contribution is 7.92. The van der Waals surface area contributed by atoms with Crippen LogP contribution in [0.25, 0.3) is 22.0 Å². The molecule has 1 atom stereocenters. The number of halogens is 4. The fourth-order valence-corrected chi connectivity index (χ4v) is 4.06. The third-order valence-electron chi connectivity index (χ3n) is 4.39. The summed E-state index contributed by atoms with van der Waals surface area (Å²) in [5.74, 6) is -1.59. The maximum atomic E-state index is 13.4. The van der Waals surface area contributed by atoms with Gasteiger partial charge in [0.2, 0.25) is 15.9 Å². The summed E-state index contributed by atoms with van der Waals surface area (Å²) in [7, 11) is -3.08. The molecule has 0 radical (unpaired) electrons. The van der Waals surface area contributed by atoms with E-state index in [1.807, 2.05) is 11.6 Å². The minimum atomic E-state index is -4.40. The standard InChI is InChI=1S/C19H18F4N4O3S/c1-3-10-6-11(7-12-8-24-19(23)26-16(10)12)13-4-5-15(25-18(13)30-2)27-31(28,29)9-14(20)17(21)22/h4-8,14,17H,3,9H2,1-2H3,(H,25,27). The highest BCUT2D eigenvalue weighted by Gasteiger charge is 2.27. The number of hydrogen-bond donors (Lipinski definition) is 1. The number of alkyl halides is 3. The normalized spacial score (nSPS) is 12.9. The lowest BCUT2D eigenvalue weighted by atomic mass is 9.99. The summed E-state index contributed by atoms with van der Waals surface area (Å²) >= 11 is 0. The van der Waals surface area contributed by atoms with Crippen molar-refractivity contribution < 1.29 is 30.7 Å². The van der Waals surface area contributed by atoms with E-state index in [0.29, 0.717) is 28.5 Å². The van der Waals surface area contributed by atoms with Crippen LogP contribution in [0, 0.1) is 6.08 Å². The summed E-state index contributed by atoms with van der Waals surface area (Å²) < 4.78 is 82.2. The molecule has 2 heterocycles. The van der Waals surface area contributed by atoms with Crippen molar-refractivity contribution in [1.82, 2.24) is 15.0 Å². The van der Waals surface area contributed by atoms with E-state index in [4.69, 9.17) is 4.74 Å². The molecule has 1 N–H and O–H groups in total. The van der Waals surface area contributed by atoms with Crippen LogP contribution in [0.4, 0.5) is 23.4 Å². The van der Waals surface area contributed by atoms with Gasteiger partial charge >= 0.3 is 6.08 Å². The quantitative estimate of drug-likeness (QED) is 0.408. The number of aryl methyl sites for hydroxylation is 1. The zero-order valence-electron chi connectivity index (χ0n) is 16.4. The first kappa shape index (κ1) is 22.7. The number of rotatable bonds is 8. The Balaban J connectivity index is 1.98. The SMILES string of the molecule is CCc1cc(-c2ccc(NS(=O)(=O)CC(F)C(F)F)nc2OC)cc2cnc(F)nc12. The Kier molecular flexibility index (Phi) is 6.58. The monoisotopic (exact) mass is 458 g/mol. The van der Waals surface area contributed by atoms with Crippen LogP contribution in [0.3, 0.4) is 0 Å². The van der Waals surface area contributed by atoms with Gasteiger partial charge in [0.05, 0.1) is 12.6 Å². The van der Waals surface area contributed by atoms with Crippen LogP contribution < -0.4 is 9.46 Å². The summed E-state index contributed by atoms with van der Waals surface area (Å²) in [6, 6.07) is 6.28. The molecule has 12 heteroatoms. The van der Waals surface area contributed by atoms with Crippen LogP contribution in [0.15, 0.2) is 30.5 Å². The zero-order chi connectivity index (χ0) is 22.8. The molecule has 0 amide bonds. The second kappa shape index (κ2) is 9.00. The van der Waals surface area contributed by atoms with Gasteiger partial charge in [-0.25, -0.2) is 31.6 Å². The van der Waals surface area contributed by atoms with Crippen LogP contribution in [0.2, 0.25) is 0 Å². The van der Waals surface area contributed by atoms with E-state index in [-0.39, 0.29) is 11.7 Å². The summed E-state index contributed by atoms with van der Waals surface area (Å²) in [5, 5.41) is 0.587. The first-order valence-electron chi connectivity index (χ1n) is 9.06. The Bertz CT molecular complexity index is 1210. The maximum absolute atomic E-state index is 13.4. The topological polar surface area (TPSA) is 94.1 Å². The molecular weight excluding hydrogens is 440 g/mol. The van der Waals surface area contributed by atoms with Crippen molar-refractivity contribution in [1.29, 1.82) is 0 Å². The number of ether oxygens (including phenoxy) is 1. The number of fused-ring (bicyclic) bond motifs is 1. The van der Waals surface area contributed by atoms with Crippen LogP contribution >= 0.6 is 0 Å². The van der Waals surface area contributed by atoms with Gasteiger partial charge in [0, 0.05) is 17.1 Å². The molecular formula is C19H18F4N4O3S. The van der Waals surface area contributed by atoms with Gasteiger partial charge in [-0.15, -0.1) is 0 Å². The molecule has 3 aromatic rings. The highest BCUT2D eigenvalue weighted by Crippen LogP contribution is 2.33. The lowest BCUT2D eigenvalue weighted by molar-refractivity contribution is 0.0619. The molecule has 0 fully saturated rings. The smallest absolute Gasteiger partial charge is 0.309 e. The van der Waals surface area contributed by atoms with Crippen LogP contribution in [-0.4, -0.2) is 48.8 Å². The second-order valence-corrected chi connectivity index (χ2v) is 8.32. The summed E-state index contributed by atoms with van der Waals surface area (Å²) in [4.78, 5) is 11.4. The molecule has 166 valence electrons. The van der Waals surface area contributed by atoms with E-state index < -0.39 is 34.5 Å². The van der Waals surface area contributed by atoms with Crippen LogP contribution in [0.1, 0.15) is 12.5 Å². The third kappa shape index (κ3) is 5.19. The lowest BCUT2D eigenvalue weighted by Gasteiger charge is -2.14. The van der Waals surface area contributed by atoms with Crippen molar-refractivity contribution in [2.24, 2.45) is 0 Å². The molecule has 0 bridgehead atoms. The fourth-order valence-electron chi connectivity index (χ4n) is 2.98. The number of nitrogens with one attached hydrogen (secondary N) is 1. The Hall–Kier alpha value is -3.02. The molecule has 1 aromatic carbocycles. The second-order valence-electron chi connectivity index (χ2n) is 6.55. The molecule has 7 nitrogen and oxygen atoms in total. The number of benzene rings is 1. The van der Waals surface area contributed by atoms with E-state index in [9.17, 15) is 26.0 Å². The van der Waals surface area contributed by atoms with Gasteiger partial charge in [-0.3, -0.25) is 4.72 Å². The summed E-state index contributed by atoms with van der Waals surface area (Å²) in [6.45, 7) is 1.88. The highest BCUT2D eigenvalue weighted by atomic mass is 32.2. The molecule has 0 spiro atoms. The lowest BCUT2D eigenvalue weighted by Crippen LogP contribution is -2.28. The largest absolute Gasteiger partial charge is 0.480 e. The minimum Gasteiger partial charge on any atom is -0.480 e. The van der Waals surface area contributed by atoms with Gasteiger partial charge in [0.25, 0.3) is 6.43 Å². The Morgan fingerprint density at radius 2 is 1.90 bits per heavy atom. The van der Waals surface area contributed by atoms with Gasteiger partial charge in [0.1, 0.15) is 11.6 Å². The maximum Gasteiger partial charge on any atom is 0.309 e. The predicted molar refractivity (Wildman–Crippen MR) is 107 cm³/mol. The number of aromatic nitrogens is 3. The molecule has 31 heavy (non-hydrogen) atoms. The van der Waals surface area contributed by atoms with E-state index in [1.54, 1.807) is 12.1 Å². The first-order valence-corrected chi connectivity index (χ1v) is 10.7. The van der Waals surface area contributed by atoms with Crippen LogP contribution in [0.5, 0.6) is 5.88 Å². The number of sulfonamides is 1. The molecule has 1 unspecified atom stereocenters. The van der Waals surface area contributed by atoms with Gasteiger partial charge in [-0.2, -0.15) is 9.37 Å². The van der Waals surface area contributed by atoms with E-state index in [1.165, 1.54) is 25.4 Å². The van der Waals surface area contributed by atoms with Crippen molar-refractivity contribution in [2.75, 3.05) is 17.6 Å². The Morgan fingerprint density at radius 1 is 1.16 bits per heavy atom. The molecule has 0 aliphatic rings. The van der Waals surface area contributed by atoms with Crippen molar-refractivity contribution >= 4 is 26.7 Å². The number of anilines is 1. The molecule has 3 rings (SSSR count). The summed E-state index contributed by atoms with van der Waals surface area (Å²) in [6.07, 6.45) is -5.18. The third-order valence-corrected chi connectivity index (χ3v) is 5.67. The van der Waals surface area contributed by atoms with E-state index in [0.717, 1.165) is 5.56 Å². The van der Waals surface area contributed by atoms with Gasteiger partial charge in [-0.05, 0) is 41.8 Å². The first-order chi connectivity index (χ1) is 14.6. The average molecular weight is 458 g/mol. The van der Waals surface area contributed by atoms with Crippen molar-refractivity contribution in [3.8, 4) is 17.0 Å². The fraction of sp³-hybridized carbons (Fsp3) is 0.316. The zero-order valence-corrected chi connectivity index (χ0v) is 17.3. The van der Waals surface area contributed by atoms with Crippen molar-refractivity contribution in [2.45, 2.75) is 25.9 Å².